The monoisotopic (exact) mass is 181 g/mol. The van der Waals surface area contributed by atoms with Crippen LogP contribution in [0.25, 0.3) is 0 Å². The van der Waals surface area contributed by atoms with Crippen LogP contribution in [0.15, 0.2) is 0 Å². The summed E-state index contributed by atoms with van der Waals surface area (Å²) in [5.41, 5.74) is 0.786. The molecule has 2 rings (SSSR count). The second kappa shape index (κ2) is 3.48. The van der Waals surface area contributed by atoms with Gasteiger partial charge in [0.15, 0.2) is 12.0 Å². The Bertz CT molecular complexity index is 289. The molecule has 0 aromatic carbocycles. The minimum atomic E-state index is -0.237. The van der Waals surface area contributed by atoms with Crippen molar-refractivity contribution in [3.8, 4) is 0 Å². The Morgan fingerprint density at radius 1 is 1.62 bits per heavy atom. The number of aryl methyl sites for hydroxylation is 1. The summed E-state index contributed by atoms with van der Waals surface area (Å²) >= 11 is 0. The van der Waals surface area contributed by atoms with E-state index in [-0.39, 0.29) is 5.82 Å². The van der Waals surface area contributed by atoms with Crippen molar-refractivity contribution >= 4 is 0 Å². The summed E-state index contributed by atoms with van der Waals surface area (Å²) in [5, 5.41) is 3.93. The van der Waals surface area contributed by atoms with Gasteiger partial charge >= 0.3 is 0 Å². The minimum absolute atomic E-state index is 0.237. The maximum absolute atomic E-state index is 13.2. The second-order valence-electron chi connectivity index (χ2n) is 3.66. The van der Waals surface area contributed by atoms with E-state index in [1.807, 2.05) is 0 Å². The standard InChI is InChI=1S/C10H14FN2/c1-2-3-6-13-10(8-4-5-8)9(11)7-12-13/h8H,2-6H2,1H3. The molecule has 0 amide bonds. The van der Waals surface area contributed by atoms with Crippen LogP contribution in [-0.4, -0.2) is 9.78 Å². The molecule has 2 nitrogen and oxygen atoms in total. The van der Waals surface area contributed by atoms with Crippen LogP contribution in [0.4, 0.5) is 4.39 Å². The van der Waals surface area contributed by atoms with Gasteiger partial charge in [-0.05, 0) is 19.3 Å². The summed E-state index contributed by atoms with van der Waals surface area (Å²) in [6, 6.07) is 0. The Morgan fingerprint density at radius 2 is 2.38 bits per heavy atom. The number of hydrogen-bond acceptors (Lipinski definition) is 1. The fraction of sp³-hybridized carbons (Fsp3) is 0.700. The minimum Gasteiger partial charge on any atom is -0.266 e. The van der Waals surface area contributed by atoms with Gasteiger partial charge in [0.1, 0.15) is 0 Å². The molecule has 0 unspecified atom stereocenters. The number of rotatable bonds is 4. The summed E-state index contributed by atoms with van der Waals surface area (Å²) < 4.78 is 15.0. The van der Waals surface area contributed by atoms with E-state index >= 15 is 0 Å². The molecule has 71 valence electrons. The molecule has 0 spiro atoms. The molecule has 0 N–H and O–H groups in total. The van der Waals surface area contributed by atoms with Crippen LogP contribution in [0.5, 0.6) is 0 Å². The molecule has 0 bridgehead atoms. The highest BCUT2D eigenvalue weighted by atomic mass is 19.1. The van der Waals surface area contributed by atoms with E-state index in [2.05, 4.69) is 18.2 Å². The third kappa shape index (κ3) is 1.74. The summed E-state index contributed by atoms with van der Waals surface area (Å²) in [7, 11) is 0. The third-order valence-corrected chi connectivity index (χ3v) is 2.46. The first-order valence-electron chi connectivity index (χ1n) is 4.96. The van der Waals surface area contributed by atoms with Gasteiger partial charge in [0, 0.05) is 12.5 Å². The Hall–Kier alpha value is -0.860. The molecule has 1 fully saturated rings. The van der Waals surface area contributed by atoms with Crippen molar-refractivity contribution in [1.82, 2.24) is 9.78 Å². The molecule has 0 aliphatic heterocycles. The predicted molar refractivity (Wildman–Crippen MR) is 47.9 cm³/mol. The molecule has 1 radical (unpaired) electrons. The van der Waals surface area contributed by atoms with Crippen LogP contribution in [0, 0.1) is 12.0 Å². The molecule has 1 aromatic heterocycles. The van der Waals surface area contributed by atoms with Crippen molar-refractivity contribution in [2.75, 3.05) is 0 Å². The summed E-state index contributed by atoms with van der Waals surface area (Å²) in [6.45, 7) is 2.96. The number of hydrogen-bond donors (Lipinski definition) is 0. The zero-order valence-corrected chi connectivity index (χ0v) is 7.89. The molecule has 3 heteroatoms. The molecule has 0 atom stereocenters. The molecule has 1 heterocycles. The first kappa shape index (κ1) is 8.73. The fourth-order valence-electron chi connectivity index (χ4n) is 1.55. The van der Waals surface area contributed by atoms with Crippen molar-refractivity contribution in [3.63, 3.8) is 0 Å². The van der Waals surface area contributed by atoms with Gasteiger partial charge < -0.3 is 0 Å². The van der Waals surface area contributed by atoms with E-state index < -0.39 is 0 Å². The second-order valence-corrected chi connectivity index (χ2v) is 3.66. The van der Waals surface area contributed by atoms with Gasteiger partial charge in [-0.3, -0.25) is 4.68 Å². The lowest BCUT2D eigenvalue weighted by molar-refractivity contribution is 0.533. The van der Waals surface area contributed by atoms with E-state index in [1.165, 1.54) is 0 Å². The smallest absolute Gasteiger partial charge is 0.174 e. The zero-order chi connectivity index (χ0) is 9.26. The summed E-state index contributed by atoms with van der Waals surface area (Å²) in [5.74, 6) is 0.189. The highest BCUT2D eigenvalue weighted by molar-refractivity contribution is 5.15. The number of halogens is 1. The van der Waals surface area contributed by atoms with Gasteiger partial charge in [0.25, 0.3) is 0 Å². The Morgan fingerprint density at radius 3 is 3.00 bits per heavy atom. The quantitative estimate of drug-likeness (QED) is 0.697. The average Bonchev–Trinajstić information content (AvgIpc) is 2.88. The fourth-order valence-corrected chi connectivity index (χ4v) is 1.55. The van der Waals surface area contributed by atoms with E-state index in [0.29, 0.717) is 5.92 Å². The van der Waals surface area contributed by atoms with E-state index in [9.17, 15) is 4.39 Å². The molecular formula is C10H14FN2. The normalized spacial score (nSPS) is 16.5. The van der Waals surface area contributed by atoms with Gasteiger partial charge in [-0.2, -0.15) is 5.10 Å². The Balaban J connectivity index is 2.13. The van der Waals surface area contributed by atoms with Crippen LogP contribution in [0.2, 0.25) is 0 Å². The highest BCUT2D eigenvalue weighted by Gasteiger charge is 2.30. The Labute approximate surface area is 77.8 Å². The number of nitrogens with zero attached hydrogens (tertiary/aromatic N) is 2. The molecular weight excluding hydrogens is 167 g/mol. The van der Waals surface area contributed by atoms with Gasteiger partial charge in [-0.1, -0.05) is 13.3 Å². The van der Waals surface area contributed by atoms with Crippen LogP contribution in [0.1, 0.15) is 44.2 Å². The lowest BCUT2D eigenvalue weighted by Crippen LogP contribution is -2.04. The lowest BCUT2D eigenvalue weighted by atomic mass is 10.2. The number of aromatic nitrogens is 2. The first-order valence-corrected chi connectivity index (χ1v) is 4.96. The van der Waals surface area contributed by atoms with Crippen molar-refractivity contribution in [2.24, 2.45) is 0 Å². The van der Waals surface area contributed by atoms with Crippen LogP contribution >= 0.6 is 0 Å². The van der Waals surface area contributed by atoms with Crippen LogP contribution in [-0.2, 0) is 6.54 Å². The predicted octanol–water partition coefficient (Wildman–Crippen LogP) is 2.50. The van der Waals surface area contributed by atoms with E-state index in [4.69, 9.17) is 0 Å². The summed E-state index contributed by atoms with van der Waals surface area (Å²) in [6.07, 6.45) is 6.82. The molecule has 1 aromatic rings. The first-order chi connectivity index (χ1) is 6.33. The summed E-state index contributed by atoms with van der Waals surface area (Å²) in [4.78, 5) is 0. The maximum Gasteiger partial charge on any atom is 0.174 e. The topological polar surface area (TPSA) is 17.8 Å². The highest BCUT2D eigenvalue weighted by Crippen LogP contribution is 2.41. The molecule has 0 saturated heterocycles. The maximum atomic E-state index is 13.2. The van der Waals surface area contributed by atoms with Crippen molar-refractivity contribution in [3.05, 3.63) is 17.7 Å². The van der Waals surface area contributed by atoms with Gasteiger partial charge in [0.05, 0.1) is 5.69 Å². The lowest BCUT2D eigenvalue weighted by Gasteiger charge is -2.04. The average molecular weight is 181 g/mol. The van der Waals surface area contributed by atoms with Gasteiger partial charge in [-0.15, -0.1) is 0 Å². The van der Waals surface area contributed by atoms with Crippen molar-refractivity contribution < 1.29 is 4.39 Å². The number of unbranched alkanes of at least 4 members (excludes halogenated alkanes) is 1. The largest absolute Gasteiger partial charge is 0.266 e. The van der Waals surface area contributed by atoms with Crippen LogP contribution < -0.4 is 0 Å². The van der Waals surface area contributed by atoms with E-state index in [0.717, 1.165) is 37.9 Å². The molecule has 1 aliphatic rings. The SMILES string of the molecule is CCCCn1n[c]c(F)c1C1CC1. The van der Waals surface area contributed by atoms with E-state index in [1.54, 1.807) is 4.68 Å². The Kier molecular flexibility index (Phi) is 2.34. The van der Waals surface area contributed by atoms with Crippen LogP contribution in [0.3, 0.4) is 0 Å². The van der Waals surface area contributed by atoms with Crippen molar-refractivity contribution in [1.29, 1.82) is 0 Å². The molecule has 1 aliphatic carbocycles. The molecule has 13 heavy (non-hydrogen) atoms. The third-order valence-electron chi connectivity index (χ3n) is 2.46. The molecule has 1 saturated carbocycles. The van der Waals surface area contributed by atoms with Crippen molar-refractivity contribution in [2.45, 2.75) is 45.1 Å². The zero-order valence-electron chi connectivity index (χ0n) is 7.89. The van der Waals surface area contributed by atoms with Gasteiger partial charge in [-0.25, -0.2) is 4.39 Å². The van der Waals surface area contributed by atoms with Gasteiger partial charge in [0.2, 0.25) is 0 Å².